The number of rotatable bonds is 5. The van der Waals surface area contributed by atoms with Gasteiger partial charge in [0.05, 0.1) is 15.8 Å². The number of fused-ring (bicyclic) bond motifs is 1. The van der Waals surface area contributed by atoms with E-state index in [0.29, 0.717) is 27.9 Å². The number of hydrogen-bond acceptors (Lipinski definition) is 5. The zero-order chi connectivity index (χ0) is 22.7. The van der Waals surface area contributed by atoms with Gasteiger partial charge in [0.15, 0.2) is 5.82 Å². The van der Waals surface area contributed by atoms with Crippen molar-refractivity contribution < 1.29 is 9.72 Å². The molecule has 1 aromatic heterocycles. The fraction of sp³-hybridized carbons (Fsp3) is 0. The Morgan fingerprint density at radius 2 is 1.72 bits per heavy atom. The Balaban J connectivity index is 1.69. The number of non-ortho nitro benzene ring substituents is 1. The Labute approximate surface area is 190 Å². The highest BCUT2D eigenvalue weighted by Crippen LogP contribution is 2.21. The summed E-state index contributed by atoms with van der Waals surface area (Å²) in [6.07, 6.45) is 2.74. The molecule has 0 radical (unpaired) electrons. The van der Waals surface area contributed by atoms with Gasteiger partial charge in [-0.1, -0.05) is 40.2 Å². The second-order valence-electron chi connectivity index (χ2n) is 6.76. The number of carbonyl (C=O) groups is 1. The van der Waals surface area contributed by atoms with Crippen LogP contribution in [0, 0.1) is 10.1 Å². The first-order chi connectivity index (χ1) is 15.4. The van der Waals surface area contributed by atoms with Gasteiger partial charge >= 0.3 is 0 Å². The lowest BCUT2D eigenvalue weighted by Gasteiger charge is -2.13. The molecule has 4 aromatic rings. The van der Waals surface area contributed by atoms with Crippen molar-refractivity contribution in [3.05, 3.63) is 109 Å². The highest BCUT2D eigenvalue weighted by atomic mass is 79.9. The van der Waals surface area contributed by atoms with E-state index in [1.165, 1.54) is 36.4 Å². The molecular formula is C23H15BrN4O4. The fourth-order valence-electron chi connectivity index (χ4n) is 3.06. The number of amides is 1. The molecule has 4 rings (SSSR count). The van der Waals surface area contributed by atoms with Crippen molar-refractivity contribution in [1.82, 2.24) is 9.66 Å². The van der Waals surface area contributed by atoms with E-state index in [2.05, 4.69) is 26.3 Å². The molecule has 8 nitrogen and oxygen atoms in total. The van der Waals surface area contributed by atoms with Crippen molar-refractivity contribution in [2.24, 2.45) is 0 Å². The number of nitrogens with one attached hydrogen (secondary N) is 1. The lowest BCUT2D eigenvalue weighted by molar-refractivity contribution is -0.384. The summed E-state index contributed by atoms with van der Waals surface area (Å²) in [6, 6.07) is 19.9. The second kappa shape index (κ2) is 8.94. The van der Waals surface area contributed by atoms with E-state index in [1.807, 2.05) is 12.1 Å². The first-order valence-corrected chi connectivity index (χ1v) is 10.2. The third kappa shape index (κ3) is 4.47. The standard InChI is InChI=1S/C23H15BrN4O4/c24-17-10-8-16(9-11-17)22-25-20-4-2-1-3-19(20)23(30)27(22)26-21(29)14-7-15-5-12-18(13-6-15)28(31)32/h1-14H,(H,26,29)/b14-7+. The van der Waals surface area contributed by atoms with Crippen LogP contribution in [0.4, 0.5) is 5.69 Å². The highest BCUT2D eigenvalue weighted by Gasteiger charge is 2.14. The number of benzene rings is 3. The number of nitro benzene ring substituents is 1. The number of aromatic nitrogens is 2. The molecule has 0 atom stereocenters. The molecule has 0 fully saturated rings. The van der Waals surface area contributed by atoms with Crippen LogP contribution >= 0.6 is 15.9 Å². The molecule has 0 spiro atoms. The number of nitro groups is 1. The Hall–Kier alpha value is -4.11. The summed E-state index contributed by atoms with van der Waals surface area (Å²) in [5.41, 5.74) is 3.89. The molecule has 0 bridgehead atoms. The Morgan fingerprint density at radius 3 is 2.41 bits per heavy atom. The van der Waals surface area contributed by atoms with Crippen molar-refractivity contribution in [1.29, 1.82) is 0 Å². The molecule has 158 valence electrons. The van der Waals surface area contributed by atoms with Gasteiger partial charge in [0.1, 0.15) is 0 Å². The smallest absolute Gasteiger partial charge is 0.268 e. The Bertz CT molecular complexity index is 1410. The van der Waals surface area contributed by atoms with Gasteiger partial charge in [0, 0.05) is 28.2 Å². The molecule has 0 aliphatic rings. The van der Waals surface area contributed by atoms with E-state index < -0.39 is 16.4 Å². The fourth-order valence-corrected chi connectivity index (χ4v) is 3.32. The minimum Gasteiger partial charge on any atom is -0.268 e. The van der Waals surface area contributed by atoms with E-state index in [9.17, 15) is 19.7 Å². The van der Waals surface area contributed by atoms with Crippen LogP contribution < -0.4 is 11.0 Å². The maximum absolute atomic E-state index is 13.1. The van der Waals surface area contributed by atoms with Gasteiger partial charge in [-0.3, -0.25) is 25.1 Å². The number of para-hydroxylation sites is 1. The van der Waals surface area contributed by atoms with E-state index >= 15 is 0 Å². The number of nitrogens with zero attached hydrogens (tertiary/aromatic N) is 3. The predicted octanol–water partition coefficient (Wildman–Crippen LogP) is 4.52. The van der Waals surface area contributed by atoms with E-state index in [-0.39, 0.29) is 5.69 Å². The summed E-state index contributed by atoms with van der Waals surface area (Å²) in [5.74, 6) is -0.265. The summed E-state index contributed by atoms with van der Waals surface area (Å²) in [5, 5.41) is 11.1. The van der Waals surface area contributed by atoms with Gasteiger partial charge < -0.3 is 0 Å². The maximum atomic E-state index is 13.1. The van der Waals surface area contributed by atoms with Gasteiger partial charge in [-0.25, -0.2) is 4.98 Å². The van der Waals surface area contributed by atoms with E-state index in [0.717, 1.165) is 9.15 Å². The van der Waals surface area contributed by atoms with Gasteiger partial charge in [0.25, 0.3) is 17.2 Å². The van der Waals surface area contributed by atoms with Crippen LogP contribution in [0.25, 0.3) is 28.4 Å². The zero-order valence-electron chi connectivity index (χ0n) is 16.4. The molecular weight excluding hydrogens is 476 g/mol. The van der Waals surface area contributed by atoms with Crippen LogP contribution in [0.2, 0.25) is 0 Å². The largest absolute Gasteiger partial charge is 0.280 e. The lowest BCUT2D eigenvalue weighted by atomic mass is 10.2. The topological polar surface area (TPSA) is 107 Å². The second-order valence-corrected chi connectivity index (χ2v) is 7.67. The summed E-state index contributed by atoms with van der Waals surface area (Å²) < 4.78 is 1.99. The summed E-state index contributed by atoms with van der Waals surface area (Å²) in [4.78, 5) is 40.5. The minimum atomic E-state index is -0.555. The molecule has 0 aliphatic carbocycles. The van der Waals surface area contributed by atoms with Gasteiger partial charge in [-0.15, -0.1) is 0 Å². The highest BCUT2D eigenvalue weighted by molar-refractivity contribution is 9.10. The summed E-state index contributed by atoms with van der Waals surface area (Å²) >= 11 is 3.38. The van der Waals surface area contributed by atoms with Crippen LogP contribution in [-0.2, 0) is 4.79 Å². The van der Waals surface area contributed by atoms with Crippen molar-refractivity contribution in [2.45, 2.75) is 0 Å². The molecule has 9 heteroatoms. The van der Waals surface area contributed by atoms with Crippen LogP contribution in [0.3, 0.4) is 0 Å². The molecule has 0 unspecified atom stereocenters. The number of carbonyl (C=O) groups excluding carboxylic acids is 1. The molecule has 1 N–H and O–H groups in total. The minimum absolute atomic E-state index is 0.0421. The first-order valence-electron chi connectivity index (χ1n) is 9.43. The maximum Gasteiger partial charge on any atom is 0.280 e. The van der Waals surface area contributed by atoms with Crippen LogP contribution in [-0.4, -0.2) is 20.5 Å². The van der Waals surface area contributed by atoms with Crippen LogP contribution in [0.1, 0.15) is 5.56 Å². The monoisotopic (exact) mass is 490 g/mol. The Kier molecular flexibility index (Phi) is 5.91. The van der Waals surface area contributed by atoms with Crippen LogP contribution in [0.5, 0.6) is 0 Å². The lowest BCUT2D eigenvalue weighted by Crippen LogP contribution is -2.34. The quantitative estimate of drug-likeness (QED) is 0.251. The molecule has 0 aliphatic heterocycles. The third-order valence-electron chi connectivity index (χ3n) is 4.63. The first kappa shape index (κ1) is 21.1. The summed E-state index contributed by atoms with van der Waals surface area (Å²) in [6.45, 7) is 0. The predicted molar refractivity (Wildman–Crippen MR) is 126 cm³/mol. The van der Waals surface area contributed by atoms with Crippen molar-refractivity contribution in [3.63, 3.8) is 0 Å². The normalized spacial score (nSPS) is 11.0. The van der Waals surface area contributed by atoms with Crippen molar-refractivity contribution >= 4 is 44.5 Å². The molecule has 3 aromatic carbocycles. The van der Waals surface area contributed by atoms with E-state index in [1.54, 1.807) is 36.4 Å². The molecule has 1 amide bonds. The zero-order valence-corrected chi connectivity index (χ0v) is 18.0. The van der Waals surface area contributed by atoms with E-state index in [4.69, 9.17) is 0 Å². The molecule has 0 saturated carbocycles. The van der Waals surface area contributed by atoms with Gasteiger partial charge in [0.2, 0.25) is 0 Å². The van der Waals surface area contributed by atoms with Crippen LogP contribution in [0.15, 0.2) is 88.1 Å². The third-order valence-corrected chi connectivity index (χ3v) is 5.16. The number of hydrogen-bond donors (Lipinski definition) is 1. The average Bonchev–Trinajstić information content (AvgIpc) is 2.80. The molecule has 0 saturated heterocycles. The molecule has 1 heterocycles. The SMILES string of the molecule is O=C(/C=C/c1ccc([N+](=O)[O-])cc1)Nn1c(-c2ccc(Br)cc2)nc2ccccc2c1=O. The van der Waals surface area contributed by atoms with Crippen molar-refractivity contribution in [3.8, 4) is 11.4 Å². The van der Waals surface area contributed by atoms with Crippen molar-refractivity contribution in [2.75, 3.05) is 5.43 Å². The van der Waals surface area contributed by atoms with Gasteiger partial charge in [-0.05, 0) is 48.0 Å². The Morgan fingerprint density at radius 1 is 1.03 bits per heavy atom. The van der Waals surface area contributed by atoms with Gasteiger partial charge in [-0.2, -0.15) is 4.68 Å². The average molecular weight is 491 g/mol. The summed E-state index contributed by atoms with van der Waals surface area (Å²) in [7, 11) is 0. The number of halogens is 1. The molecule has 32 heavy (non-hydrogen) atoms.